The first-order chi connectivity index (χ1) is 6.65. The number of nitrogens with one attached hydrogen (secondary N) is 1. The van der Waals surface area contributed by atoms with Crippen molar-refractivity contribution in [3.63, 3.8) is 0 Å². The van der Waals surface area contributed by atoms with Gasteiger partial charge in [-0.1, -0.05) is 33.1 Å². The third-order valence-electron chi connectivity index (χ3n) is 2.58. The SMILES string of the molecule is CCCC[C@@H](CC)[C@H](CF)NC(C)=O.[HH]. The van der Waals surface area contributed by atoms with Crippen LogP contribution in [0.4, 0.5) is 4.39 Å². The molecule has 0 aromatic heterocycles. The molecule has 1 amide bonds. The Morgan fingerprint density at radius 1 is 1.50 bits per heavy atom. The van der Waals surface area contributed by atoms with Crippen molar-refractivity contribution in [2.75, 3.05) is 6.67 Å². The van der Waals surface area contributed by atoms with Gasteiger partial charge in [-0.2, -0.15) is 0 Å². The molecule has 0 spiro atoms. The average molecular weight is 205 g/mol. The molecule has 2 atom stereocenters. The zero-order valence-corrected chi connectivity index (χ0v) is 9.48. The molecule has 0 saturated heterocycles. The zero-order chi connectivity index (χ0) is 11.0. The molecule has 0 heterocycles. The van der Waals surface area contributed by atoms with Gasteiger partial charge in [-0.25, -0.2) is 4.39 Å². The summed E-state index contributed by atoms with van der Waals surface area (Å²) in [5.74, 6) is 0.145. The Labute approximate surface area is 87.8 Å². The highest BCUT2D eigenvalue weighted by Crippen LogP contribution is 2.17. The number of halogens is 1. The Hall–Kier alpha value is -0.600. The monoisotopic (exact) mass is 205 g/mol. The summed E-state index contributed by atoms with van der Waals surface area (Å²) in [5.41, 5.74) is 0. The predicted molar refractivity (Wildman–Crippen MR) is 59.0 cm³/mol. The van der Waals surface area contributed by atoms with Crippen molar-refractivity contribution in [1.29, 1.82) is 0 Å². The van der Waals surface area contributed by atoms with Crippen molar-refractivity contribution in [2.24, 2.45) is 5.92 Å². The normalized spacial score (nSPS) is 14.9. The number of carbonyl (C=O) groups excluding carboxylic acids is 1. The summed E-state index contributed by atoms with van der Waals surface area (Å²) in [4.78, 5) is 10.8. The van der Waals surface area contributed by atoms with E-state index in [0.717, 1.165) is 25.7 Å². The van der Waals surface area contributed by atoms with Gasteiger partial charge < -0.3 is 5.32 Å². The highest BCUT2D eigenvalue weighted by atomic mass is 19.1. The second kappa shape index (κ2) is 7.77. The van der Waals surface area contributed by atoms with Crippen LogP contribution in [0.3, 0.4) is 0 Å². The van der Waals surface area contributed by atoms with Gasteiger partial charge >= 0.3 is 0 Å². The first kappa shape index (κ1) is 13.4. The Morgan fingerprint density at radius 2 is 2.14 bits per heavy atom. The van der Waals surface area contributed by atoms with Crippen LogP contribution in [0.1, 0.15) is 47.9 Å². The minimum Gasteiger partial charge on any atom is -0.351 e. The van der Waals surface area contributed by atoms with Gasteiger partial charge in [0.1, 0.15) is 6.67 Å². The van der Waals surface area contributed by atoms with Crippen LogP contribution in [0.2, 0.25) is 0 Å². The minimum atomic E-state index is -0.457. The summed E-state index contributed by atoms with van der Waals surface area (Å²) < 4.78 is 12.7. The highest BCUT2D eigenvalue weighted by Gasteiger charge is 2.19. The lowest BCUT2D eigenvalue weighted by Gasteiger charge is -2.24. The maximum atomic E-state index is 12.7. The lowest BCUT2D eigenvalue weighted by atomic mass is 9.92. The summed E-state index contributed by atoms with van der Waals surface area (Å²) in [6.07, 6.45) is 4.15. The fourth-order valence-electron chi connectivity index (χ4n) is 1.70. The maximum absolute atomic E-state index is 12.7. The van der Waals surface area contributed by atoms with Gasteiger partial charge in [-0.05, 0) is 12.3 Å². The van der Waals surface area contributed by atoms with E-state index in [9.17, 15) is 9.18 Å². The van der Waals surface area contributed by atoms with Crippen molar-refractivity contribution in [2.45, 2.75) is 52.5 Å². The fourth-order valence-corrected chi connectivity index (χ4v) is 1.70. The van der Waals surface area contributed by atoms with Gasteiger partial charge in [-0.3, -0.25) is 4.79 Å². The number of rotatable bonds is 7. The van der Waals surface area contributed by atoms with Gasteiger partial charge in [0, 0.05) is 8.35 Å². The average Bonchev–Trinajstić information content (AvgIpc) is 2.16. The van der Waals surface area contributed by atoms with Crippen molar-refractivity contribution < 1.29 is 10.6 Å². The molecule has 86 valence electrons. The van der Waals surface area contributed by atoms with Crippen LogP contribution in [-0.4, -0.2) is 18.6 Å². The van der Waals surface area contributed by atoms with Crippen LogP contribution in [0.5, 0.6) is 0 Å². The smallest absolute Gasteiger partial charge is 0.217 e. The Bertz CT molecular complexity index is 167. The molecule has 2 nitrogen and oxygen atoms in total. The lowest BCUT2D eigenvalue weighted by Crippen LogP contribution is -2.40. The molecule has 3 heteroatoms. The molecule has 0 aliphatic rings. The van der Waals surface area contributed by atoms with Crippen LogP contribution in [0.25, 0.3) is 0 Å². The molecule has 0 aliphatic heterocycles. The summed E-state index contributed by atoms with van der Waals surface area (Å²) in [6, 6.07) is -0.288. The van der Waals surface area contributed by atoms with Crippen LogP contribution in [0.15, 0.2) is 0 Å². The molecule has 14 heavy (non-hydrogen) atoms. The lowest BCUT2D eigenvalue weighted by molar-refractivity contribution is -0.120. The van der Waals surface area contributed by atoms with E-state index >= 15 is 0 Å². The van der Waals surface area contributed by atoms with Crippen molar-refractivity contribution in [1.82, 2.24) is 5.32 Å². The number of unbranched alkanes of at least 4 members (excludes halogenated alkanes) is 1. The molecule has 0 radical (unpaired) electrons. The molecule has 0 aromatic carbocycles. The number of hydrogen-bond donors (Lipinski definition) is 1. The van der Waals surface area contributed by atoms with E-state index in [1.54, 1.807) is 0 Å². The molecular weight excluding hydrogens is 181 g/mol. The van der Waals surface area contributed by atoms with E-state index < -0.39 is 6.67 Å². The molecule has 0 fully saturated rings. The Kier molecular flexibility index (Phi) is 7.44. The van der Waals surface area contributed by atoms with Crippen molar-refractivity contribution in [3.8, 4) is 0 Å². The highest BCUT2D eigenvalue weighted by molar-refractivity contribution is 5.73. The van der Waals surface area contributed by atoms with Gasteiger partial charge in [-0.15, -0.1) is 0 Å². The predicted octanol–water partition coefficient (Wildman–Crippen LogP) is 2.92. The number of carbonyl (C=O) groups is 1. The Morgan fingerprint density at radius 3 is 2.50 bits per heavy atom. The molecule has 0 rings (SSSR count). The van der Waals surface area contributed by atoms with E-state index in [-0.39, 0.29) is 19.3 Å². The largest absolute Gasteiger partial charge is 0.351 e. The Balaban J connectivity index is 0. The van der Waals surface area contributed by atoms with Gasteiger partial charge in [0.25, 0.3) is 0 Å². The van der Waals surface area contributed by atoms with Crippen LogP contribution in [0, 0.1) is 5.92 Å². The fraction of sp³-hybridized carbons (Fsp3) is 0.909. The second-order valence-electron chi connectivity index (χ2n) is 3.77. The standard InChI is InChI=1S/C11H22FNO.H2/c1-4-6-7-10(5-2)11(8-12)13-9(3)14;/h10-11H,4-8H2,1-3H3,(H,13,14);1H/t10-,11+;/m1./s1. The molecule has 0 aromatic rings. The number of alkyl halides is 1. The minimum absolute atomic E-state index is 0. The number of hydrogen-bond acceptors (Lipinski definition) is 1. The van der Waals surface area contributed by atoms with E-state index in [2.05, 4.69) is 12.2 Å². The summed E-state index contributed by atoms with van der Waals surface area (Å²) in [5, 5.41) is 2.68. The molecular formula is C11H24FNO. The second-order valence-corrected chi connectivity index (χ2v) is 3.77. The maximum Gasteiger partial charge on any atom is 0.217 e. The van der Waals surface area contributed by atoms with Gasteiger partial charge in [0.05, 0.1) is 6.04 Å². The molecule has 0 aliphatic carbocycles. The summed E-state index contributed by atoms with van der Waals surface area (Å²) >= 11 is 0. The van der Waals surface area contributed by atoms with E-state index in [0.29, 0.717) is 0 Å². The van der Waals surface area contributed by atoms with E-state index in [4.69, 9.17) is 0 Å². The first-order valence-electron chi connectivity index (χ1n) is 5.48. The van der Waals surface area contributed by atoms with E-state index in [1.807, 2.05) is 6.92 Å². The zero-order valence-electron chi connectivity index (χ0n) is 9.48. The van der Waals surface area contributed by atoms with Gasteiger partial charge in [0.15, 0.2) is 0 Å². The van der Waals surface area contributed by atoms with Crippen molar-refractivity contribution >= 4 is 5.91 Å². The summed E-state index contributed by atoms with van der Waals surface area (Å²) in [7, 11) is 0. The topological polar surface area (TPSA) is 29.1 Å². The number of amides is 1. The molecule has 0 unspecified atom stereocenters. The summed E-state index contributed by atoms with van der Waals surface area (Å²) in [6.45, 7) is 5.15. The molecule has 0 saturated carbocycles. The van der Waals surface area contributed by atoms with E-state index in [1.165, 1.54) is 6.92 Å². The quantitative estimate of drug-likeness (QED) is 0.680. The molecule has 1 N–H and O–H groups in total. The van der Waals surface area contributed by atoms with Crippen LogP contribution < -0.4 is 5.32 Å². The van der Waals surface area contributed by atoms with Gasteiger partial charge in [0.2, 0.25) is 5.91 Å². The van der Waals surface area contributed by atoms with Crippen LogP contribution >= 0.6 is 0 Å². The first-order valence-corrected chi connectivity index (χ1v) is 5.48. The third kappa shape index (κ3) is 5.20. The molecule has 0 bridgehead atoms. The third-order valence-corrected chi connectivity index (χ3v) is 2.58. The van der Waals surface area contributed by atoms with Crippen molar-refractivity contribution in [3.05, 3.63) is 0 Å². The van der Waals surface area contributed by atoms with Crippen LogP contribution in [-0.2, 0) is 4.79 Å².